The van der Waals surface area contributed by atoms with Crippen LogP contribution in [0.25, 0.3) is 0 Å². The highest BCUT2D eigenvalue weighted by molar-refractivity contribution is 6.52. The first-order chi connectivity index (χ1) is 10.6. The van der Waals surface area contributed by atoms with E-state index in [-0.39, 0.29) is 18.0 Å². The van der Waals surface area contributed by atoms with Gasteiger partial charge in [-0.1, -0.05) is 48.0 Å². The Morgan fingerprint density at radius 3 is 2.45 bits per heavy atom. The quantitative estimate of drug-likeness (QED) is 0.846. The van der Waals surface area contributed by atoms with Gasteiger partial charge in [-0.3, -0.25) is 14.6 Å². The predicted molar refractivity (Wildman–Crippen MR) is 86.8 cm³/mol. The van der Waals surface area contributed by atoms with Gasteiger partial charge in [-0.15, -0.1) is 0 Å². The SMILES string of the molecule is Cc1ccc(CN=C2CC(=O)c3ccccc3C2=O)c(C)c1. The number of hydrogen-bond donors (Lipinski definition) is 0. The summed E-state index contributed by atoms with van der Waals surface area (Å²) >= 11 is 0. The monoisotopic (exact) mass is 291 g/mol. The van der Waals surface area contributed by atoms with E-state index in [0.29, 0.717) is 23.4 Å². The maximum absolute atomic E-state index is 12.4. The summed E-state index contributed by atoms with van der Waals surface area (Å²) in [5, 5.41) is 0. The van der Waals surface area contributed by atoms with E-state index in [1.54, 1.807) is 24.3 Å². The summed E-state index contributed by atoms with van der Waals surface area (Å²) in [4.78, 5) is 29.0. The number of aliphatic imine (C=N–C) groups is 1. The molecule has 22 heavy (non-hydrogen) atoms. The summed E-state index contributed by atoms with van der Waals surface area (Å²) in [6.45, 7) is 4.51. The topological polar surface area (TPSA) is 46.5 Å². The van der Waals surface area contributed by atoms with Crippen LogP contribution in [0.4, 0.5) is 0 Å². The Morgan fingerprint density at radius 1 is 1.00 bits per heavy atom. The third-order valence-corrected chi connectivity index (χ3v) is 4.00. The van der Waals surface area contributed by atoms with Crippen molar-refractivity contribution in [2.75, 3.05) is 0 Å². The Morgan fingerprint density at radius 2 is 1.73 bits per heavy atom. The first-order valence-electron chi connectivity index (χ1n) is 7.32. The van der Waals surface area contributed by atoms with Gasteiger partial charge in [0.2, 0.25) is 5.78 Å². The molecule has 0 fully saturated rings. The van der Waals surface area contributed by atoms with Gasteiger partial charge in [-0.05, 0) is 25.0 Å². The zero-order chi connectivity index (χ0) is 15.7. The summed E-state index contributed by atoms with van der Waals surface area (Å²) in [7, 11) is 0. The van der Waals surface area contributed by atoms with Crippen LogP contribution in [0.15, 0.2) is 47.5 Å². The van der Waals surface area contributed by atoms with Gasteiger partial charge in [0.05, 0.1) is 18.7 Å². The van der Waals surface area contributed by atoms with Crippen molar-refractivity contribution in [2.45, 2.75) is 26.8 Å². The van der Waals surface area contributed by atoms with Crippen molar-refractivity contribution in [2.24, 2.45) is 4.99 Å². The Balaban J connectivity index is 1.90. The second-order valence-electron chi connectivity index (χ2n) is 5.67. The molecule has 2 aromatic carbocycles. The summed E-state index contributed by atoms with van der Waals surface area (Å²) in [5.41, 5.74) is 4.78. The number of rotatable bonds is 2. The minimum absolute atomic E-state index is 0.0328. The number of benzene rings is 2. The molecule has 3 heteroatoms. The highest BCUT2D eigenvalue weighted by Gasteiger charge is 2.28. The number of fused-ring (bicyclic) bond motifs is 1. The van der Waals surface area contributed by atoms with Gasteiger partial charge in [0.25, 0.3) is 0 Å². The Labute approximate surface area is 129 Å². The fourth-order valence-corrected chi connectivity index (χ4v) is 2.74. The zero-order valence-electron chi connectivity index (χ0n) is 12.7. The lowest BCUT2D eigenvalue weighted by molar-refractivity contribution is 0.0964. The average molecular weight is 291 g/mol. The third kappa shape index (κ3) is 2.62. The largest absolute Gasteiger partial charge is 0.294 e. The predicted octanol–water partition coefficient (Wildman–Crippen LogP) is 3.71. The lowest BCUT2D eigenvalue weighted by Crippen LogP contribution is -2.27. The van der Waals surface area contributed by atoms with Crippen molar-refractivity contribution >= 4 is 17.3 Å². The molecule has 0 aromatic heterocycles. The smallest absolute Gasteiger partial charge is 0.207 e. The minimum atomic E-state index is -0.125. The molecule has 2 aromatic rings. The van der Waals surface area contributed by atoms with E-state index in [2.05, 4.69) is 11.1 Å². The van der Waals surface area contributed by atoms with Crippen molar-refractivity contribution in [1.82, 2.24) is 0 Å². The summed E-state index contributed by atoms with van der Waals surface area (Å²) in [6.07, 6.45) is 0.0980. The highest BCUT2D eigenvalue weighted by Crippen LogP contribution is 2.20. The first kappa shape index (κ1) is 14.4. The zero-order valence-corrected chi connectivity index (χ0v) is 12.7. The van der Waals surface area contributed by atoms with E-state index in [9.17, 15) is 9.59 Å². The first-order valence-corrected chi connectivity index (χ1v) is 7.32. The number of carbonyl (C=O) groups excluding carboxylic acids is 2. The molecule has 110 valence electrons. The van der Waals surface area contributed by atoms with Crippen LogP contribution in [0.1, 0.15) is 43.8 Å². The van der Waals surface area contributed by atoms with Crippen molar-refractivity contribution < 1.29 is 9.59 Å². The molecule has 0 atom stereocenters. The van der Waals surface area contributed by atoms with E-state index < -0.39 is 0 Å². The molecule has 0 saturated heterocycles. The minimum Gasteiger partial charge on any atom is -0.294 e. The van der Waals surface area contributed by atoms with E-state index in [0.717, 1.165) is 11.1 Å². The van der Waals surface area contributed by atoms with Gasteiger partial charge in [-0.2, -0.15) is 0 Å². The molecule has 0 aliphatic heterocycles. The van der Waals surface area contributed by atoms with Gasteiger partial charge < -0.3 is 0 Å². The van der Waals surface area contributed by atoms with Crippen LogP contribution in [0.5, 0.6) is 0 Å². The molecule has 3 rings (SSSR count). The average Bonchev–Trinajstić information content (AvgIpc) is 2.51. The fraction of sp³-hybridized carbons (Fsp3) is 0.211. The number of carbonyl (C=O) groups is 2. The molecule has 0 radical (unpaired) electrons. The van der Waals surface area contributed by atoms with Crippen LogP contribution in [0.2, 0.25) is 0 Å². The summed E-state index contributed by atoms with van der Waals surface area (Å²) in [5.74, 6) is -0.158. The van der Waals surface area contributed by atoms with E-state index in [4.69, 9.17) is 0 Å². The Hall–Kier alpha value is -2.55. The molecule has 0 unspecified atom stereocenters. The van der Waals surface area contributed by atoms with Gasteiger partial charge in [-0.25, -0.2) is 0 Å². The van der Waals surface area contributed by atoms with E-state index in [1.165, 1.54) is 5.56 Å². The van der Waals surface area contributed by atoms with Crippen LogP contribution < -0.4 is 0 Å². The van der Waals surface area contributed by atoms with E-state index in [1.807, 2.05) is 26.0 Å². The Kier molecular flexibility index (Phi) is 3.72. The van der Waals surface area contributed by atoms with Crippen molar-refractivity contribution in [3.8, 4) is 0 Å². The fourth-order valence-electron chi connectivity index (χ4n) is 2.74. The molecule has 0 spiro atoms. The Bertz CT molecular complexity index is 803. The molecule has 1 aliphatic rings. The molecule has 0 saturated carbocycles. The molecule has 0 amide bonds. The number of aryl methyl sites for hydroxylation is 2. The van der Waals surface area contributed by atoms with Crippen LogP contribution in [-0.4, -0.2) is 17.3 Å². The lowest BCUT2D eigenvalue weighted by Gasteiger charge is -2.15. The normalized spacial score (nSPS) is 16.0. The number of nitrogens with zero attached hydrogens (tertiary/aromatic N) is 1. The van der Waals surface area contributed by atoms with Crippen LogP contribution >= 0.6 is 0 Å². The third-order valence-electron chi connectivity index (χ3n) is 4.00. The van der Waals surface area contributed by atoms with Crippen molar-refractivity contribution in [3.05, 3.63) is 70.3 Å². The summed E-state index contributed by atoms with van der Waals surface area (Å²) in [6, 6.07) is 13.1. The number of ketones is 2. The highest BCUT2D eigenvalue weighted by atomic mass is 16.1. The van der Waals surface area contributed by atoms with Gasteiger partial charge >= 0.3 is 0 Å². The lowest BCUT2D eigenvalue weighted by atomic mass is 9.88. The van der Waals surface area contributed by atoms with Crippen molar-refractivity contribution in [1.29, 1.82) is 0 Å². The van der Waals surface area contributed by atoms with E-state index >= 15 is 0 Å². The number of hydrogen-bond acceptors (Lipinski definition) is 3. The molecule has 3 nitrogen and oxygen atoms in total. The van der Waals surface area contributed by atoms with Crippen LogP contribution in [-0.2, 0) is 6.54 Å². The van der Waals surface area contributed by atoms with Crippen LogP contribution in [0, 0.1) is 13.8 Å². The van der Waals surface area contributed by atoms with Gasteiger partial charge in [0.15, 0.2) is 5.78 Å². The second-order valence-corrected chi connectivity index (χ2v) is 5.67. The standard InChI is InChI=1S/C19H17NO2/c1-12-7-8-14(13(2)9-12)11-20-17-10-18(21)15-5-3-4-6-16(15)19(17)22/h3-9H,10-11H2,1-2H3. The molecular formula is C19H17NO2. The number of Topliss-reactive ketones (excluding diaryl/α,β-unsaturated/α-hetero) is 2. The molecule has 0 N–H and O–H groups in total. The molecular weight excluding hydrogens is 274 g/mol. The maximum atomic E-state index is 12.4. The van der Waals surface area contributed by atoms with Gasteiger partial charge in [0.1, 0.15) is 0 Å². The maximum Gasteiger partial charge on any atom is 0.207 e. The molecule has 0 heterocycles. The second kappa shape index (κ2) is 5.68. The van der Waals surface area contributed by atoms with Crippen molar-refractivity contribution in [3.63, 3.8) is 0 Å². The van der Waals surface area contributed by atoms with Gasteiger partial charge in [0, 0.05) is 11.1 Å². The molecule has 0 bridgehead atoms. The molecule has 1 aliphatic carbocycles. The summed E-state index contributed by atoms with van der Waals surface area (Å²) < 4.78 is 0. The van der Waals surface area contributed by atoms with Crippen LogP contribution in [0.3, 0.4) is 0 Å².